The average Bonchev–Trinajstić information content (AvgIpc) is 2.82. The summed E-state index contributed by atoms with van der Waals surface area (Å²) in [6.45, 7) is 1.93. The zero-order chi connectivity index (χ0) is 13.0. The molecule has 5 nitrogen and oxygen atoms in total. The Balaban J connectivity index is 1.94. The number of amides is 1. The molecule has 0 spiro atoms. The normalized spacial score (nSPS) is 9.89. The van der Waals surface area contributed by atoms with E-state index in [9.17, 15) is 4.79 Å². The molecule has 0 aliphatic rings. The zero-order valence-corrected chi connectivity index (χ0v) is 11.8. The standard InChI is InChI=1S/C12H13N3O2Se/c1-8-7-18-12(13-8)15-14-11(16)9-3-5-10(17-2)6-4-9/h3-7H,1-2H3,(H,13,15)(H,14,16). The molecule has 6 heteroatoms. The molecular weight excluding hydrogens is 297 g/mol. The number of hydrogen-bond acceptors (Lipinski definition) is 4. The van der Waals surface area contributed by atoms with Gasteiger partial charge in [-0.2, -0.15) is 0 Å². The van der Waals surface area contributed by atoms with Gasteiger partial charge >= 0.3 is 111 Å². The van der Waals surface area contributed by atoms with Crippen molar-refractivity contribution in [1.82, 2.24) is 10.4 Å². The molecule has 2 rings (SSSR count). The van der Waals surface area contributed by atoms with E-state index in [-0.39, 0.29) is 20.4 Å². The predicted molar refractivity (Wildman–Crippen MR) is 70.0 cm³/mol. The third-order valence-corrected chi connectivity index (χ3v) is 4.09. The molecule has 0 aliphatic heterocycles. The number of carbonyl (C=O) groups is 1. The van der Waals surface area contributed by atoms with Gasteiger partial charge in [0.05, 0.1) is 0 Å². The van der Waals surface area contributed by atoms with Gasteiger partial charge in [0.15, 0.2) is 0 Å². The van der Waals surface area contributed by atoms with Gasteiger partial charge in [-0.25, -0.2) is 0 Å². The van der Waals surface area contributed by atoms with E-state index in [4.69, 9.17) is 4.74 Å². The van der Waals surface area contributed by atoms with Gasteiger partial charge < -0.3 is 0 Å². The Labute approximate surface area is 111 Å². The Kier molecular flexibility index (Phi) is 4.02. The van der Waals surface area contributed by atoms with Crippen molar-refractivity contribution >= 4 is 25.1 Å². The van der Waals surface area contributed by atoms with E-state index in [1.807, 2.05) is 6.92 Å². The number of ether oxygens (including phenoxy) is 1. The molecular formula is C12H13N3O2Se. The monoisotopic (exact) mass is 311 g/mol. The predicted octanol–water partition coefficient (Wildman–Crippen LogP) is 1.21. The second-order valence-corrected chi connectivity index (χ2v) is 5.40. The summed E-state index contributed by atoms with van der Waals surface area (Å²) < 4.78 is 5.84. The molecule has 18 heavy (non-hydrogen) atoms. The Hall–Kier alpha value is -1.78. The third kappa shape index (κ3) is 3.12. The second kappa shape index (κ2) is 5.71. The maximum atomic E-state index is 11.8. The van der Waals surface area contributed by atoms with Crippen molar-refractivity contribution in [1.29, 1.82) is 0 Å². The van der Waals surface area contributed by atoms with E-state index in [0.29, 0.717) is 5.56 Å². The molecule has 0 unspecified atom stereocenters. The van der Waals surface area contributed by atoms with Gasteiger partial charge in [-0.15, -0.1) is 0 Å². The van der Waals surface area contributed by atoms with E-state index in [1.54, 1.807) is 31.4 Å². The quantitative estimate of drug-likeness (QED) is 0.658. The summed E-state index contributed by atoms with van der Waals surface area (Å²) in [5.74, 6) is 0.531. The molecule has 2 N–H and O–H groups in total. The van der Waals surface area contributed by atoms with Gasteiger partial charge in [-0.1, -0.05) is 0 Å². The fourth-order valence-electron chi connectivity index (χ4n) is 1.34. The Morgan fingerprint density at radius 3 is 2.61 bits per heavy atom. The molecule has 0 fully saturated rings. The van der Waals surface area contributed by atoms with Gasteiger partial charge in [0.2, 0.25) is 0 Å². The van der Waals surface area contributed by atoms with Crippen molar-refractivity contribution in [2.24, 2.45) is 0 Å². The minimum absolute atomic E-state index is 0.178. The Bertz CT molecular complexity index is 537. The van der Waals surface area contributed by atoms with Crippen molar-refractivity contribution in [3.05, 3.63) is 40.5 Å². The molecule has 1 aromatic heterocycles. The van der Waals surface area contributed by atoms with Crippen LogP contribution in [0.15, 0.2) is 29.2 Å². The number of carbonyl (C=O) groups excluding carboxylic acids is 1. The Morgan fingerprint density at radius 1 is 1.33 bits per heavy atom. The molecule has 1 amide bonds. The van der Waals surface area contributed by atoms with E-state index in [0.717, 1.165) is 16.1 Å². The van der Waals surface area contributed by atoms with E-state index in [1.165, 1.54) is 0 Å². The summed E-state index contributed by atoms with van der Waals surface area (Å²) in [6, 6.07) is 6.91. The molecule has 2 aromatic rings. The zero-order valence-electron chi connectivity index (χ0n) is 10.1. The summed E-state index contributed by atoms with van der Waals surface area (Å²) in [5.41, 5.74) is 7.01. The number of aryl methyl sites for hydroxylation is 1. The van der Waals surface area contributed by atoms with E-state index >= 15 is 0 Å². The van der Waals surface area contributed by atoms with Crippen molar-refractivity contribution in [2.45, 2.75) is 6.92 Å². The molecule has 94 valence electrons. The molecule has 0 saturated heterocycles. The molecule has 0 radical (unpaired) electrons. The SMILES string of the molecule is COc1ccc(C(=O)NNc2nc(C)c[se]2)cc1. The number of anilines is 1. The fourth-order valence-corrected chi connectivity index (χ4v) is 2.68. The van der Waals surface area contributed by atoms with Crippen LogP contribution < -0.4 is 15.6 Å². The van der Waals surface area contributed by atoms with Gasteiger partial charge in [0.1, 0.15) is 0 Å². The van der Waals surface area contributed by atoms with Crippen molar-refractivity contribution in [3.63, 3.8) is 0 Å². The number of hydrazine groups is 1. The number of rotatable bonds is 4. The first kappa shape index (κ1) is 12.7. The summed E-state index contributed by atoms with van der Waals surface area (Å²) in [7, 11) is 1.59. The third-order valence-electron chi connectivity index (χ3n) is 2.25. The summed E-state index contributed by atoms with van der Waals surface area (Å²) in [6.07, 6.45) is 0. The van der Waals surface area contributed by atoms with Crippen LogP contribution in [0.4, 0.5) is 4.69 Å². The first-order chi connectivity index (χ1) is 8.69. The van der Waals surface area contributed by atoms with Gasteiger partial charge in [-0.3, -0.25) is 0 Å². The minimum atomic E-state index is -0.194. The fraction of sp³-hybridized carbons (Fsp3) is 0.167. The van der Waals surface area contributed by atoms with Crippen LogP contribution >= 0.6 is 0 Å². The molecule has 1 heterocycles. The van der Waals surface area contributed by atoms with Crippen molar-refractivity contribution in [3.8, 4) is 5.75 Å². The van der Waals surface area contributed by atoms with Crippen LogP contribution in [0.2, 0.25) is 0 Å². The second-order valence-electron chi connectivity index (χ2n) is 3.60. The number of nitrogens with zero attached hydrogens (tertiary/aromatic N) is 1. The molecule has 0 bridgehead atoms. The number of aromatic nitrogens is 1. The summed E-state index contributed by atoms with van der Waals surface area (Å²) in [5, 5.41) is 0. The van der Waals surface area contributed by atoms with Crippen LogP contribution in [-0.4, -0.2) is 32.5 Å². The van der Waals surface area contributed by atoms with Gasteiger partial charge in [-0.05, 0) is 0 Å². The van der Waals surface area contributed by atoms with E-state index in [2.05, 4.69) is 20.8 Å². The first-order valence-electron chi connectivity index (χ1n) is 5.31. The van der Waals surface area contributed by atoms with Gasteiger partial charge in [0, 0.05) is 0 Å². The van der Waals surface area contributed by atoms with Crippen molar-refractivity contribution < 1.29 is 9.53 Å². The molecule has 0 atom stereocenters. The summed E-state index contributed by atoms with van der Waals surface area (Å²) >= 11 is 0.178. The van der Waals surface area contributed by atoms with Crippen LogP contribution in [0.25, 0.3) is 0 Å². The van der Waals surface area contributed by atoms with Crippen molar-refractivity contribution in [2.75, 3.05) is 12.5 Å². The molecule has 1 aromatic carbocycles. The maximum absolute atomic E-state index is 11.8. The number of hydrogen-bond donors (Lipinski definition) is 2. The van der Waals surface area contributed by atoms with Crippen LogP contribution in [0, 0.1) is 6.92 Å². The van der Waals surface area contributed by atoms with Crippen LogP contribution in [0.5, 0.6) is 5.75 Å². The first-order valence-corrected chi connectivity index (χ1v) is 7.16. The average molecular weight is 310 g/mol. The number of benzene rings is 1. The number of nitrogens with one attached hydrogen (secondary N) is 2. The van der Waals surface area contributed by atoms with Crippen LogP contribution in [0.3, 0.4) is 0 Å². The molecule has 0 aliphatic carbocycles. The van der Waals surface area contributed by atoms with Crippen LogP contribution in [-0.2, 0) is 0 Å². The topological polar surface area (TPSA) is 63.2 Å². The van der Waals surface area contributed by atoms with Gasteiger partial charge in [0.25, 0.3) is 0 Å². The Morgan fingerprint density at radius 2 is 2.06 bits per heavy atom. The summed E-state index contributed by atoms with van der Waals surface area (Å²) in [4.78, 5) is 18.1. The molecule has 0 saturated carbocycles. The number of methoxy groups -OCH3 is 1. The van der Waals surface area contributed by atoms with Crippen LogP contribution in [0.1, 0.15) is 16.1 Å². The van der Waals surface area contributed by atoms with E-state index < -0.39 is 0 Å².